The number of pyridine rings is 1. The van der Waals surface area contributed by atoms with Gasteiger partial charge in [0, 0.05) is 44.8 Å². The molecular formula is C21H27N7O4S. The molecule has 11 nitrogen and oxygen atoms in total. The van der Waals surface area contributed by atoms with Crippen molar-refractivity contribution in [3.63, 3.8) is 0 Å². The van der Waals surface area contributed by atoms with E-state index in [0.717, 1.165) is 56.8 Å². The summed E-state index contributed by atoms with van der Waals surface area (Å²) in [5, 5.41) is 8.00. The number of rotatable bonds is 5. The van der Waals surface area contributed by atoms with Gasteiger partial charge < -0.3 is 14.1 Å². The summed E-state index contributed by atoms with van der Waals surface area (Å²) in [6.45, 7) is 8.45. The zero-order chi connectivity index (χ0) is 22.8. The number of sulfonamides is 1. The monoisotopic (exact) mass is 473 g/mol. The Labute approximate surface area is 191 Å². The summed E-state index contributed by atoms with van der Waals surface area (Å²) in [6.07, 6.45) is 5.00. The highest BCUT2D eigenvalue weighted by molar-refractivity contribution is 7.89. The molecule has 3 aromatic heterocycles. The number of nitrogens with zero attached hydrogens (tertiary/aromatic N) is 6. The van der Waals surface area contributed by atoms with Crippen LogP contribution < -0.4 is 9.62 Å². The van der Waals surface area contributed by atoms with E-state index < -0.39 is 10.0 Å². The molecular weight excluding hydrogens is 446 g/mol. The number of imidazole rings is 1. The van der Waals surface area contributed by atoms with Crippen LogP contribution in [0, 0.1) is 6.92 Å². The Morgan fingerprint density at radius 3 is 2.82 bits per heavy atom. The van der Waals surface area contributed by atoms with Crippen LogP contribution in [0.15, 0.2) is 27.8 Å². The lowest BCUT2D eigenvalue weighted by Gasteiger charge is -2.44. The van der Waals surface area contributed by atoms with E-state index in [1.54, 1.807) is 29.8 Å². The number of piperazine rings is 1. The molecule has 1 aliphatic carbocycles. The first-order chi connectivity index (χ1) is 15.8. The number of aryl methyl sites for hydroxylation is 1. The molecule has 1 saturated carbocycles. The van der Waals surface area contributed by atoms with Crippen LogP contribution in [0.5, 0.6) is 0 Å². The van der Waals surface area contributed by atoms with Crippen molar-refractivity contribution in [1.29, 1.82) is 0 Å². The van der Waals surface area contributed by atoms with E-state index in [1.165, 1.54) is 0 Å². The van der Waals surface area contributed by atoms with Gasteiger partial charge in [-0.2, -0.15) is 0 Å². The minimum absolute atomic E-state index is 0.191. The molecule has 0 radical (unpaired) electrons. The molecule has 33 heavy (non-hydrogen) atoms. The van der Waals surface area contributed by atoms with Gasteiger partial charge in [0.15, 0.2) is 0 Å². The van der Waals surface area contributed by atoms with Crippen LogP contribution in [-0.2, 0) is 14.8 Å². The second kappa shape index (κ2) is 7.49. The summed E-state index contributed by atoms with van der Waals surface area (Å²) < 4.78 is 42.6. The first kappa shape index (κ1) is 21.0. The second-order valence-corrected chi connectivity index (χ2v) is 11.1. The van der Waals surface area contributed by atoms with Crippen LogP contribution in [0.1, 0.15) is 25.7 Å². The molecule has 1 atom stereocenters. The molecule has 0 amide bonds. The molecule has 0 spiro atoms. The Morgan fingerprint density at radius 2 is 2.06 bits per heavy atom. The highest BCUT2D eigenvalue weighted by Gasteiger charge is 2.41. The van der Waals surface area contributed by atoms with Crippen molar-refractivity contribution in [3.8, 4) is 11.7 Å². The molecule has 1 N–H and O–H groups in total. The fraction of sp³-hybridized carbons (Fsp3) is 0.571. The lowest BCUT2D eigenvalue weighted by atomic mass is 10.1. The van der Waals surface area contributed by atoms with Gasteiger partial charge in [0.25, 0.3) is 5.89 Å². The summed E-state index contributed by atoms with van der Waals surface area (Å²) in [5.41, 5.74) is 1.24. The summed E-state index contributed by atoms with van der Waals surface area (Å²) in [6, 6.07) is 2.03. The Kier molecular flexibility index (Phi) is 4.77. The maximum Gasteiger partial charge on any atom is 0.284 e. The van der Waals surface area contributed by atoms with E-state index in [2.05, 4.69) is 29.7 Å². The minimum atomic E-state index is -3.73. The van der Waals surface area contributed by atoms with Crippen molar-refractivity contribution < 1.29 is 17.6 Å². The van der Waals surface area contributed by atoms with Gasteiger partial charge in [-0.05, 0) is 25.8 Å². The van der Waals surface area contributed by atoms with Gasteiger partial charge in [0.1, 0.15) is 4.90 Å². The van der Waals surface area contributed by atoms with Crippen molar-refractivity contribution in [3.05, 3.63) is 24.4 Å². The Balaban J connectivity index is 1.47. The van der Waals surface area contributed by atoms with Gasteiger partial charge >= 0.3 is 0 Å². The first-order valence-corrected chi connectivity index (χ1v) is 12.7. The van der Waals surface area contributed by atoms with Crippen LogP contribution >= 0.6 is 0 Å². The number of hydrogen-bond acceptors (Lipinski definition) is 9. The molecule has 12 heteroatoms. The van der Waals surface area contributed by atoms with Crippen LogP contribution in [0.3, 0.4) is 0 Å². The lowest BCUT2D eigenvalue weighted by Crippen LogP contribution is -2.58. The number of morpholine rings is 1. The van der Waals surface area contributed by atoms with Crippen molar-refractivity contribution in [2.75, 3.05) is 44.3 Å². The van der Waals surface area contributed by atoms with Crippen molar-refractivity contribution >= 4 is 21.2 Å². The topological polar surface area (TPSA) is 118 Å². The van der Waals surface area contributed by atoms with Gasteiger partial charge in [-0.1, -0.05) is 0 Å². The quantitative estimate of drug-likeness (QED) is 0.580. The zero-order valence-electron chi connectivity index (χ0n) is 18.7. The first-order valence-electron chi connectivity index (χ1n) is 11.2. The highest BCUT2D eigenvalue weighted by atomic mass is 32.2. The summed E-state index contributed by atoms with van der Waals surface area (Å²) >= 11 is 0. The maximum absolute atomic E-state index is 13.3. The molecule has 2 aliphatic heterocycles. The zero-order valence-corrected chi connectivity index (χ0v) is 19.5. The average molecular weight is 474 g/mol. The van der Waals surface area contributed by atoms with E-state index >= 15 is 0 Å². The third kappa shape index (κ3) is 3.80. The minimum Gasteiger partial charge on any atom is -0.419 e. The predicted octanol–water partition coefficient (Wildman–Crippen LogP) is 1.04. The van der Waals surface area contributed by atoms with Gasteiger partial charge in [0.05, 0.1) is 36.7 Å². The largest absolute Gasteiger partial charge is 0.419 e. The number of hydrogen-bond donors (Lipinski definition) is 1. The second-order valence-electron chi connectivity index (χ2n) is 9.40. The smallest absolute Gasteiger partial charge is 0.284 e. The normalized spacial score (nSPS) is 23.1. The molecule has 3 fully saturated rings. The Morgan fingerprint density at radius 1 is 1.21 bits per heavy atom. The average Bonchev–Trinajstić information content (AvgIpc) is 3.17. The molecule has 3 aromatic rings. The molecule has 2 saturated heterocycles. The van der Waals surface area contributed by atoms with E-state index in [0.29, 0.717) is 18.3 Å². The fourth-order valence-electron chi connectivity index (χ4n) is 4.64. The highest BCUT2D eigenvalue weighted by Crippen LogP contribution is 2.37. The number of aromatic nitrogens is 4. The van der Waals surface area contributed by atoms with Crippen molar-refractivity contribution in [1.82, 2.24) is 29.2 Å². The third-order valence-electron chi connectivity index (χ3n) is 6.78. The molecule has 0 unspecified atom stereocenters. The summed E-state index contributed by atoms with van der Waals surface area (Å²) in [4.78, 5) is 9.38. The van der Waals surface area contributed by atoms with Crippen LogP contribution in [0.25, 0.3) is 17.2 Å². The molecule has 176 valence electrons. The van der Waals surface area contributed by atoms with E-state index in [1.807, 2.05) is 6.92 Å². The third-order valence-corrected chi connectivity index (χ3v) is 8.39. The maximum atomic E-state index is 13.3. The number of nitrogens with one attached hydrogen (secondary N) is 1. The van der Waals surface area contributed by atoms with Crippen molar-refractivity contribution in [2.45, 2.75) is 43.2 Å². The van der Waals surface area contributed by atoms with Gasteiger partial charge in [-0.25, -0.2) is 18.1 Å². The number of ether oxygens (including phenoxy) is 1. The molecule has 6 rings (SSSR count). The summed E-state index contributed by atoms with van der Waals surface area (Å²) in [7, 11) is -3.73. The predicted molar refractivity (Wildman–Crippen MR) is 120 cm³/mol. The van der Waals surface area contributed by atoms with Gasteiger partial charge in [-0.15, -0.1) is 10.2 Å². The van der Waals surface area contributed by atoms with E-state index in [9.17, 15) is 8.42 Å². The van der Waals surface area contributed by atoms with Crippen molar-refractivity contribution in [2.24, 2.45) is 0 Å². The number of fused-ring (bicyclic) bond motifs is 2. The fourth-order valence-corrected chi connectivity index (χ4v) is 6.12. The number of anilines is 1. The van der Waals surface area contributed by atoms with Crippen LogP contribution in [0.4, 0.5) is 5.69 Å². The molecule has 0 aromatic carbocycles. The lowest BCUT2D eigenvalue weighted by molar-refractivity contribution is -0.0116. The molecule has 0 bridgehead atoms. The molecule has 5 heterocycles. The Bertz CT molecular complexity index is 1310. The van der Waals surface area contributed by atoms with E-state index in [4.69, 9.17) is 9.15 Å². The Hall–Kier alpha value is -2.54. The standard InChI is InChI=1S/C21H27N7O4S/c1-14-23-24-20(32-14)19-22-10-18-17(27-6-5-26-7-8-31-13-15(26)11-27)9-16(12-28(18)19)33(29,30)25-21(2)3-4-21/h9-10,12,15,25H,3-8,11,13H2,1-2H3/t15-/m1/s1. The van der Waals surface area contributed by atoms with Gasteiger partial charge in [-0.3, -0.25) is 9.30 Å². The van der Waals surface area contributed by atoms with Crippen LogP contribution in [0.2, 0.25) is 0 Å². The van der Waals surface area contributed by atoms with Gasteiger partial charge in [0.2, 0.25) is 21.7 Å². The summed E-state index contributed by atoms with van der Waals surface area (Å²) in [5.74, 6) is 1.09. The SMILES string of the molecule is Cc1nnc(-c2ncc3c(N4CCN5CCOC[C@H]5C4)cc(S(=O)(=O)NC4(C)CC4)cn23)o1. The van der Waals surface area contributed by atoms with E-state index in [-0.39, 0.29) is 22.4 Å². The molecule has 3 aliphatic rings. The van der Waals surface area contributed by atoms with Crippen LogP contribution in [-0.4, -0.2) is 83.9 Å².